The lowest BCUT2D eigenvalue weighted by molar-refractivity contribution is -0.132. The van der Waals surface area contributed by atoms with E-state index in [0.29, 0.717) is 12.6 Å². The molecule has 0 spiro atoms. The monoisotopic (exact) mass is 314 g/mol. The zero-order valence-corrected chi connectivity index (χ0v) is 12.8. The van der Waals surface area contributed by atoms with Gasteiger partial charge in [0.05, 0.1) is 6.61 Å². The van der Waals surface area contributed by atoms with Crippen LogP contribution in [0.1, 0.15) is 31.4 Å². The Kier molecular flexibility index (Phi) is 4.27. The number of nitrogens with one attached hydrogen (secondary N) is 1. The number of anilines is 1. The zero-order chi connectivity index (χ0) is 16.2. The second kappa shape index (κ2) is 6.51. The van der Waals surface area contributed by atoms with Crippen LogP contribution in [0.3, 0.4) is 0 Å². The van der Waals surface area contributed by atoms with E-state index in [0.717, 1.165) is 24.2 Å². The van der Waals surface area contributed by atoms with Gasteiger partial charge in [-0.3, -0.25) is 0 Å². The Morgan fingerprint density at radius 1 is 1.43 bits per heavy atom. The molecule has 0 unspecified atom stereocenters. The maximum Gasteiger partial charge on any atom is 0.352 e. The van der Waals surface area contributed by atoms with Crippen molar-refractivity contribution in [3.8, 4) is 5.75 Å². The van der Waals surface area contributed by atoms with Crippen LogP contribution in [-0.2, 0) is 4.79 Å². The average molecular weight is 314 g/mol. The number of carboxylic acid groups (broad SMARTS) is 1. The molecule has 1 aromatic carbocycles. The summed E-state index contributed by atoms with van der Waals surface area (Å²) >= 11 is 0. The Labute approximate surface area is 133 Å². The van der Waals surface area contributed by atoms with Crippen molar-refractivity contribution in [3.05, 3.63) is 47.9 Å². The first-order chi connectivity index (χ1) is 11.2. The molecule has 3 rings (SSSR count). The van der Waals surface area contributed by atoms with Gasteiger partial charge in [0.25, 0.3) is 0 Å². The van der Waals surface area contributed by atoms with E-state index in [1.165, 1.54) is 6.33 Å². The Bertz CT molecular complexity index is 738. The molecule has 1 aromatic heterocycles. The molecule has 1 aliphatic heterocycles. The van der Waals surface area contributed by atoms with Crippen LogP contribution in [-0.4, -0.2) is 32.4 Å². The van der Waals surface area contributed by atoms with Crippen LogP contribution in [0.4, 0.5) is 5.95 Å². The van der Waals surface area contributed by atoms with Gasteiger partial charge in [-0.2, -0.15) is 10.1 Å². The number of aliphatic carboxylic acids is 1. The predicted octanol–water partition coefficient (Wildman–Crippen LogP) is 2.44. The lowest BCUT2D eigenvalue weighted by Gasteiger charge is -2.24. The quantitative estimate of drug-likeness (QED) is 0.796. The van der Waals surface area contributed by atoms with Crippen LogP contribution < -0.4 is 10.1 Å². The third kappa shape index (κ3) is 3.03. The minimum Gasteiger partial charge on any atom is -0.493 e. The first-order valence-corrected chi connectivity index (χ1v) is 7.54. The number of fused-ring (bicyclic) bond motifs is 1. The zero-order valence-electron chi connectivity index (χ0n) is 12.8. The van der Waals surface area contributed by atoms with E-state index in [-0.39, 0.29) is 11.7 Å². The highest BCUT2D eigenvalue weighted by atomic mass is 16.5. The van der Waals surface area contributed by atoms with Crippen molar-refractivity contribution in [3.63, 3.8) is 0 Å². The van der Waals surface area contributed by atoms with Crippen molar-refractivity contribution in [2.45, 2.75) is 25.8 Å². The van der Waals surface area contributed by atoms with Gasteiger partial charge in [-0.05, 0) is 18.6 Å². The molecule has 0 aliphatic carbocycles. The molecule has 2 N–H and O–H groups in total. The molecule has 0 radical (unpaired) electrons. The fraction of sp³-hybridized carbons (Fsp3) is 0.312. The Balaban J connectivity index is 1.99. The standard InChI is InChI=1S/C16H18N4O3/c1-2-3-8-23-14-7-5-4-6-11(14)13-9-12(15(21)22)19-16-17-10-18-20(13)16/h4-7,9-10,13H,2-3,8H2,1H3,(H,21,22)(H,17,18,19)/t13-/m0/s1. The van der Waals surface area contributed by atoms with Crippen LogP contribution in [0.15, 0.2) is 42.4 Å². The number of ether oxygens (including phenoxy) is 1. The number of nitrogens with zero attached hydrogens (tertiary/aromatic N) is 3. The number of rotatable bonds is 6. The molecule has 1 atom stereocenters. The van der Waals surface area contributed by atoms with Crippen LogP contribution in [0.2, 0.25) is 0 Å². The van der Waals surface area contributed by atoms with E-state index < -0.39 is 5.97 Å². The highest BCUT2D eigenvalue weighted by Crippen LogP contribution is 2.33. The van der Waals surface area contributed by atoms with E-state index >= 15 is 0 Å². The van der Waals surface area contributed by atoms with Gasteiger partial charge >= 0.3 is 5.97 Å². The van der Waals surface area contributed by atoms with E-state index in [4.69, 9.17) is 4.74 Å². The van der Waals surface area contributed by atoms with Gasteiger partial charge in [0.15, 0.2) is 0 Å². The third-order valence-corrected chi connectivity index (χ3v) is 3.63. The maximum absolute atomic E-state index is 11.3. The van der Waals surface area contributed by atoms with Crippen LogP contribution in [0.25, 0.3) is 0 Å². The fourth-order valence-electron chi connectivity index (χ4n) is 2.46. The number of carboxylic acids is 1. The number of benzene rings is 1. The first kappa shape index (κ1) is 15.1. The van der Waals surface area contributed by atoms with Gasteiger partial charge in [0.1, 0.15) is 23.8 Å². The summed E-state index contributed by atoms with van der Waals surface area (Å²) in [5.41, 5.74) is 0.939. The second-order valence-corrected chi connectivity index (χ2v) is 5.22. The maximum atomic E-state index is 11.3. The largest absolute Gasteiger partial charge is 0.493 e. The van der Waals surface area contributed by atoms with E-state index in [1.807, 2.05) is 24.3 Å². The Morgan fingerprint density at radius 2 is 2.26 bits per heavy atom. The van der Waals surface area contributed by atoms with Gasteiger partial charge in [-0.15, -0.1) is 0 Å². The number of hydrogen-bond donors (Lipinski definition) is 2. The average Bonchev–Trinajstić information content (AvgIpc) is 3.03. The van der Waals surface area contributed by atoms with Crippen molar-refractivity contribution in [2.24, 2.45) is 0 Å². The molecule has 2 heterocycles. The molecule has 0 bridgehead atoms. The number of aromatic nitrogens is 3. The molecule has 7 nitrogen and oxygen atoms in total. The normalized spacial score (nSPS) is 16.2. The summed E-state index contributed by atoms with van der Waals surface area (Å²) in [4.78, 5) is 15.4. The second-order valence-electron chi connectivity index (χ2n) is 5.22. The van der Waals surface area contributed by atoms with Crippen molar-refractivity contribution in [2.75, 3.05) is 11.9 Å². The molecular formula is C16H18N4O3. The Morgan fingerprint density at radius 3 is 3.04 bits per heavy atom. The minimum atomic E-state index is -1.03. The summed E-state index contributed by atoms with van der Waals surface area (Å²) in [7, 11) is 0. The molecule has 2 aromatic rings. The molecule has 0 fully saturated rings. The number of carbonyl (C=O) groups is 1. The molecule has 7 heteroatoms. The van der Waals surface area contributed by atoms with Gasteiger partial charge in [-0.1, -0.05) is 31.5 Å². The number of hydrogen-bond acceptors (Lipinski definition) is 5. The van der Waals surface area contributed by atoms with Gasteiger partial charge in [-0.25, -0.2) is 9.48 Å². The molecule has 23 heavy (non-hydrogen) atoms. The molecule has 1 aliphatic rings. The van der Waals surface area contributed by atoms with Crippen molar-refractivity contribution < 1.29 is 14.6 Å². The van der Waals surface area contributed by atoms with E-state index in [9.17, 15) is 9.90 Å². The SMILES string of the molecule is CCCCOc1ccccc1[C@@H]1C=C(C(=O)O)Nc2ncnn21. The molecule has 0 amide bonds. The van der Waals surface area contributed by atoms with Gasteiger partial charge < -0.3 is 15.2 Å². The van der Waals surface area contributed by atoms with Crippen LogP contribution >= 0.6 is 0 Å². The van der Waals surface area contributed by atoms with Gasteiger partial charge in [0.2, 0.25) is 5.95 Å². The van der Waals surface area contributed by atoms with Gasteiger partial charge in [0, 0.05) is 5.56 Å². The third-order valence-electron chi connectivity index (χ3n) is 3.63. The van der Waals surface area contributed by atoms with Crippen LogP contribution in [0.5, 0.6) is 5.75 Å². The number of unbranched alkanes of at least 4 members (excludes halogenated alkanes) is 1. The summed E-state index contributed by atoms with van der Waals surface area (Å²) in [6, 6.07) is 7.22. The van der Waals surface area contributed by atoms with Crippen molar-refractivity contribution in [1.29, 1.82) is 0 Å². The predicted molar refractivity (Wildman–Crippen MR) is 84.3 cm³/mol. The number of allylic oxidation sites excluding steroid dienone is 1. The minimum absolute atomic E-state index is 0.0823. The molecule has 120 valence electrons. The molecular weight excluding hydrogens is 296 g/mol. The van der Waals surface area contributed by atoms with E-state index in [2.05, 4.69) is 22.3 Å². The summed E-state index contributed by atoms with van der Waals surface area (Å²) < 4.78 is 7.51. The fourth-order valence-corrected chi connectivity index (χ4v) is 2.46. The van der Waals surface area contributed by atoms with E-state index in [1.54, 1.807) is 10.8 Å². The summed E-state index contributed by atoms with van der Waals surface area (Å²) in [5, 5.41) is 16.2. The highest BCUT2D eigenvalue weighted by Gasteiger charge is 2.27. The highest BCUT2D eigenvalue weighted by molar-refractivity contribution is 5.90. The van der Waals surface area contributed by atoms with Crippen molar-refractivity contribution >= 4 is 11.9 Å². The smallest absolute Gasteiger partial charge is 0.352 e. The lowest BCUT2D eigenvalue weighted by Crippen LogP contribution is -2.24. The summed E-state index contributed by atoms with van der Waals surface area (Å²) in [5.74, 6) is 0.0992. The first-order valence-electron chi connectivity index (χ1n) is 7.54. The topological polar surface area (TPSA) is 89.3 Å². The molecule has 0 saturated carbocycles. The molecule has 0 saturated heterocycles. The lowest BCUT2D eigenvalue weighted by atomic mass is 10.0. The number of para-hydroxylation sites is 1. The summed E-state index contributed by atoms with van der Waals surface area (Å²) in [6.07, 6.45) is 5.03. The van der Waals surface area contributed by atoms with Crippen molar-refractivity contribution in [1.82, 2.24) is 14.8 Å². The van der Waals surface area contributed by atoms with Crippen LogP contribution in [0, 0.1) is 0 Å². The summed E-state index contributed by atoms with van der Waals surface area (Å²) in [6.45, 7) is 2.73. The Hall–Kier alpha value is -2.83.